The zero-order valence-electron chi connectivity index (χ0n) is 15.8. The van der Waals surface area contributed by atoms with Crippen LogP contribution in [0.1, 0.15) is 12.8 Å². The molecule has 1 fully saturated rings. The minimum Gasteiger partial charge on any atom is -0.356 e. The van der Waals surface area contributed by atoms with Gasteiger partial charge in [-0.25, -0.2) is 24.3 Å². The van der Waals surface area contributed by atoms with Crippen LogP contribution < -0.4 is 15.8 Å². The van der Waals surface area contributed by atoms with Crippen molar-refractivity contribution in [3.8, 4) is 5.82 Å². The van der Waals surface area contributed by atoms with Crippen molar-refractivity contribution in [3.63, 3.8) is 0 Å². The minimum absolute atomic E-state index is 0.0135. The lowest BCUT2D eigenvalue weighted by Crippen LogP contribution is -2.42. The van der Waals surface area contributed by atoms with Gasteiger partial charge in [0.2, 0.25) is 5.91 Å². The van der Waals surface area contributed by atoms with Gasteiger partial charge in [0, 0.05) is 43.9 Å². The Morgan fingerprint density at radius 2 is 1.97 bits per heavy atom. The summed E-state index contributed by atoms with van der Waals surface area (Å²) in [6, 6.07) is 4.91. The number of carbonyl (C=O) groups is 1. The molecule has 0 bridgehead atoms. The van der Waals surface area contributed by atoms with Crippen LogP contribution >= 0.6 is 0 Å². The van der Waals surface area contributed by atoms with Gasteiger partial charge in [-0.1, -0.05) is 0 Å². The van der Waals surface area contributed by atoms with Gasteiger partial charge in [0.25, 0.3) is 5.56 Å². The van der Waals surface area contributed by atoms with Gasteiger partial charge >= 0.3 is 0 Å². The molecule has 3 aromatic rings. The molecule has 1 saturated heterocycles. The largest absolute Gasteiger partial charge is 0.356 e. The number of aromatic nitrogens is 7. The standard InChI is InChI=1S/C18H21N9O2/c28-17-2-1-5-23-26(17)9-6-20-18(29)14-3-7-25(8-4-14)15-10-16(22-12-21-15)27-13-19-11-24-27/h1-2,5,10-14H,3-4,6-9H2,(H,20,29). The Morgan fingerprint density at radius 3 is 2.72 bits per heavy atom. The summed E-state index contributed by atoms with van der Waals surface area (Å²) in [5.74, 6) is 1.42. The molecule has 3 aromatic heterocycles. The minimum atomic E-state index is -0.176. The Morgan fingerprint density at radius 1 is 1.14 bits per heavy atom. The second-order valence-corrected chi connectivity index (χ2v) is 6.71. The Bertz CT molecular complexity index is 1010. The summed E-state index contributed by atoms with van der Waals surface area (Å²) in [5.41, 5.74) is -0.176. The number of hydrogen-bond donors (Lipinski definition) is 1. The summed E-state index contributed by atoms with van der Waals surface area (Å²) in [4.78, 5) is 38.7. The van der Waals surface area contributed by atoms with Crippen molar-refractivity contribution in [2.24, 2.45) is 5.92 Å². The molecule has 0 aromatic carbocycles. The zero-order chi connectivity index (χ0) is 20.1. The van der Waals surface area contributed by atoms with Crippen molar-refractivity contribution in [1.82, 2.24) is 39.8 Å². The van der Waals surface area contributed by atoms with E-state index in [0.717, 1.165) is 31.7 Å². The van der Waals surface area contributed by atoms with E-state index in [1.165, 1.54) is 23.4 Å². The normalized spacial score (nSPS) is 14.7. The summed E-state index contributed by atoms with van der Waals surface area (Å²) in [6.45, 7) is 2.19. The van der Waals surface area contributed by atoms with Crippen LogP contribution in [0.4, 0.5) is 5.82 Å². The molecule has 1 aliphatic heterocycles. The van der Waals surface area contributed by atoms with Crippen LogP contribution in [-0.2, 0) is 11.3 Å². The maximum atomic E-state index is 12.4. The van der Waals surface area contributed by atoms with Gasteiger partial charge < -0.3 is 10.2 Å². The lowest BCUT2D eigenvalue weighted by molar-refractivity contribution is -0.125. The molecule has 11 nitrogen and oxygen atoms in total. The molecule has 0 atom stereocenters. The highest BCUT2D eigenvalue weighted by atomic mass is 16.2. The van der Waals surface area contributed by atoms with Crippen molar-refractivity contribution < 1.29 is 4.79 Å². The summed E-state index contributed by atoms with van der Waals surface area (Å²) in [7, 11) is 0. The Labute approximate surface area is 166 Å². The highest BCUT2D eigenvalue weighted by molar-refractivity contribution is 5.78. The SMILES string of the molecule is O=C(NCCn1ncccc1=O)C1CCN(c2cc(-n3cncn3)ncn2)CC1. The Hall–Kier alpha value is -3.63. The van der Waals surface area contributed by atoms with Crippen LogP contribution in [0.2, 0.25) is 0 Å². The van der Waals surface area contributed by atoms with Gasteiger partial charge in [0.05, 0.1) is 6.54 Å². The third-order valence-electron chi connectivity index (χ3n) is 4.89. The van der Waals surface area contributed by atoms with Gasteiger partial charge in [-0.05, 0) is 18.9 Å². The zero-order valence-corrected chi connectivity index (χ0v) is 15.8. The monoisotopic (exact) mass is 395 g/mol. The predicted octanol–water partition coefficient (Wildman–Crippen LogP) is -0.353. The Kier molecular flexibility index (Phi) is 5.54. The Balaban J connectivity index is 1.28. The first-order valence-corrected chi connectivity index (χ1v) is 9.42. The number of carbonyl (C=O) groups excluding carboxylic acids is 1. The van der Waals surface area contributed by atoms with Gasteiger partial charge in [-0.15, -0.1) is 0 Å². The summed E-state index contributed by atoms with van der Waals surface area (Å²) in [6.07, 6.45) is 7.57. The molecule has 11 heteroatoms. The number of nitrogens with one attached hydrogen (secondary N) is 1. The first-order valence-electron chi connectivity index (χ1n) is 9.42. The van der Waals surface area contributed by atoms with Crippen LogP contribution in [0.3, 0.4) is 0 Å². The molecule has 0 aliphatic carbocycles. The van der Waals surface area contributed by atoms with E-state index in [1.807, 2.05) is 6.07 Å². The van der Waals surface area contributed by atoms with E-state index in [1.54, 1.807) is 23.3 Å². The lowest BCUT2D eigenvalue weighted by atomic mass is 9.96. The van der Waals surface area contributed by atoms with Gasteiger partial charge in [0.1, 0.15) is 24.8 Å². The van der Waals surface area contributed by atoms with Crippen LogP contribution in [0.25, 0.3) is 5.82 Å². The van der Waals surface area contributed by atoms with E-state index in [-0.39, 0.29) is 17.4 Å². The molecule has 29 heavy (non-hydrogen) atoms. The smallest absolute Gasteiger partial charge is 0.266 e. The van der Waals surface area contributed by atoms with E-state index in [2.05, 4.69) is 35.4 Å². The second kappa shape index (κ2) is 8.59. The molecule has 1 amide bonds. The fraction of sp³-hybridized carbons (Fsp3) is 0.389. The number of anilines is 1. The van der Waals surface area contributed by atoms with Crippen molar-refractivity contribution in [2.45, 2.75) is 19.4 Å². The highest BCUT2D eigenvalue weighted by Crippen LogP contribution is 2.22. The average molecular weight is 395 g/mol. The van der Waals surface area contributed by atoms with E-state index in [9.17, 15) is 9.59 Å². The van der Waals surface area contributed by atoms with E-state index < -0.39 is 0 Å². The molecule has 0 spiro atoms. The van der Waals surface area contributed by atoms with Crippen molar-refractivity contribution >= 4 is 11.7 Å². The molecule has 4 rings (SSSR count). The summed E-state index contributed by atoms with van der Waals surface area (Å²) in [5, 5.41) is 11.0. The van der Waals surface area contributed by atoms with Crippen LogP contribution in [0.15, 0.2) is 48.2 Å². The first-order chi connectivity index (χ1) is 14.2. The molecule has 0 unspecified atom stereocenters. The van der Waals surface area contributed by atoms with E-state index in [0.29, 0.717) is 18.9 Å². The summed E-state index contributed by atoms with van der Waals surface area (Å²) < 4.78 is 2.92. The highest BCUT2D eigenvalue weighted by Gasteiger charge is 2.25. The maximum Gasteiger partial charge on any atom is 0.266 e. The fourth-order valence-corrected chi connectivity index (χ4v) is 3.32. The molecule has 4 heterocycles. The van der Waals surface area contributed by atoms with Crippen LogP contribution in [-0.4, -0.2) is 60.1 Å². The number of rotatable bonds is 6. The topological polar surface area (TPSA) is 124 Å². The van der Waals surface area contributed by atoms with E-state index in [4.69, 9.17) is 0 Å². The molecule has 0 saturated carbocycles. The molecular formula is C18H21N9O2. The number of nitrogens with zero attached hydrogens (tertiary/aromatic N) is 8. The summed E-state index contributed by atoms with van der Waals surface area (Å²) >= 11 is 0. The number of amides is 1. The maximum absolute atomic E-state index is 12.4. The number of piperidine rings is 1. The third-order valence-corrected chi connectivity index (χ3v) is 4.89. The predicted molar refractivity (Wildman–Crippen MR) is 103 cm³/mol. The lowest BCUT2D eigenvalue weighted by Gasteiger charge is -2.32. The van der Waals surface area contributed by atoms with Crippen molar-refractivity contribution in [2.75, 3.05) is 24.5 Å². The molecule has 1 N–H and O–H groups in total. The second-order valence-electron chi connectivity index (χ2n) is 6.71. The van der Waals surface area contributed by atoms with Crippen molar-refractivity contribution in [3.05, 3.63) is 53.7 Å². The average Bonchev–Trinajstić information content (AvgIpc) is 3.30. The fourth-order valence-electron chi connectivity index (χ4n) is 3.32. The molecular weight excluding hydrogens is 374 g/mol. The quantitative estimate of drug-likeness (QED) is 0.600. The van der Waals surface area contributed by atoms with E-state index >= 15 is 0 Å². The van der Waals surface area contributed by atoms with Crippen LogP contribution in [0.5, 0.6) is 0 Å². The molecule has 1 aliphatic rings. The van der Waals surface area contributed by atoms with Crippen LogP contribution in [0, 0.1) is 5.92 Å². The van der Waals surface area contributed by atoms with Crippen molar-refractivity contribution in [1.29, 1.82) is 0 Å². The molecule has 150 valence electrons. The third kappa shape index (κ3) is 4.45. The van der Waals surface area contributed by atoms with Gasteiger partial charge in [-0.2, -0.15) is 10.2 Å². The van der Waals surface area contributed by atoms with Gasteiger partial charge in [-0.3, -0.25) is 9.59 Å². The molecule has 0 radical (unpaired) electrons. The van der Waals surface area contributed by atoms with Gasteiger partial charge in [0.15, 0.2) is 5.82 Å². The first kappa shape index (κ1) is 18.7. The number of hydrogen-bond acceptors (Lipinski definition) is 8.